The SMILES string of the molecule is CCc1nc(C(F)(F)F)ncc1O. The zero-order valence-electron chi connectivity index (χ0n) is 6.76. The molecular formula is C7H7F3N2O. The van der Waals surface area contributed by atoms with Crippen molar-refractivity contribution in [2.24, 2.45) is 0 Å². The molecule has 3 nitrogen and oxygen atoms in total. The number of rotatable bonds is 1. The molecule has 0 unspecified atom stereocenters. The van der Waals surface area contributed by atoms with Gasteiger partial charge in [0.1, 0.15) is 0 Å². The summed E-state index contributed by atoms with van der Waals surface area (Å²) in [7, 11) is 0. The van der Waals surface area contributed by atoms with Gasteiger partial charge < -0.3 is 5.11 Å². The maximum absolute atomic E-state index is 12.0. The lowest BCUT2D eigenvalue weighted by atomic mass is 10.3. The summed E-state index contributed by atoms with van der Waals surface area (Å²) in [6, 6.07) is 0. The smallest absolute Gasteiger partial charge is 0.451 e. The fourth-order valence-corrected chi connectivity index (χ4v) is 0.808. The van der Waals surface area contributed by atoms with Crippen LogP contribution in [0.1, 0.15) is 18.4 Å². The zero-order chi connectivity index (χ0) is 10.1. The van der Waals surface area contributed by atoms with Gasteiger partial charge in [-0.3, -0.25) is 0 Å². The summed E-state index contributed by atoms with van der Waals surface area (Å²) in [5, 5.41) is 9.01. The zero-order valence-corrected chi connectivity index (χ0v) is 6.76. The normalized spacial score (nSPS) is 11.7. The highest BCUT2D eigenvalue weighted by Gasteiger charge is 2.34. The average Bonchev–Trinajstić information content (AvgIpc) is 2.03. The number of aromatic hydroxyl groups is 1. The van der Waals surface area contributed by atoms with E-state index in [9.17, 15) is 13.2 Å². The van der Waals surface area contributed by atoms with Gasteiger partial charge in [-0.15, -0.1) is 0 Å². The number of nitrogens with zero attached hydrogens (tertiary/aromatic N) is 2. The third-order valence-electron chi connectivity index (χ3n) is 1.43. The second-order valence-electron chi connectivity index (χ2n) is 2.38. The van der Waals surface area contributed by atoms with Gasteiger partial charge in [0.2, 0.25) is 5.82 Å². The van der Waals surface area contributed by atoms with Crippen LogP contribution in [0.25, 0.3) is 0 Å². The lowest BCUT2D eigenvalue weighted by molar-refractivity contribution is -0.145. The molecule has 72 valence electrons. The van der Waals surface area contributed by atoms with Gasteiger partial charge in [-0.2, -0.15) is 13.2 Å². The fraction of sp³-hybridized carbons (Fsp3) is 0.429. The molecule has 0 atom stereocenters. The second-order valence-corrected chi connectivity index (χ2v) is 2.38. The molecule has 1 aromatic heterocycles. The van der Waals surface area contributed by atoms with Gasteiger partial charge in [-0.1, -0.05) is 6.92 Å². The summed E-state index contributed by atoms with van der Waals surface area (Å²) in [6.45, 7) is 1.60. The van der Waals surface area contributed by atoms with E-state index in [-0.39, 0.29) is 17.9 Å². The van der Waals surface area contributed by atoms with Crippen LogP contribution >= 0.6 is 0 Å². The number of hydrogen-bond donors (Lipinski definition) is 1. The van der Waals surface area contributed by atoms with Crippen molar-refractivity contribution >= 4 is 0 Å². The summed E-state index contributed by atoms with van der Waals surface area (Å²) in [4.78, 5) is 6.15. The first-order valence-corrected chi connectivity index (χ1v) is 3.57. The monoisotopic (exact) mass is 192 g/mol. The van der Waals surface area contributed by atoms with Crippen LogP contribution in [0, 0.1) is 0 Å². The molecule has 13 heavy (non-hydrogen) atoms. The number of aromatic nitrogens is 2. The lowest BCUT2D eigenvalue weighted by Crippen LogP contribution is -2.11. The number of halogens is 3. The Bertz CT molecular complexity index is 311. The second kappa shape index (κ2) is 3.20. The fourth-order valence-electron chi connectivity index (χ4n) is 0.808. The molecule has 0 saturated heterocycles. The third-order valence-corrected chi connectivity index (χ3v) is 1.43. The molecule has 0 aromatic carbocycles. The standard InChI is InChI=1S/C7H7F3N2O/c1-2-4-5(13)3-11-6(12-4)7(8,9)10/h3,13H,2H2,1H3. The number of hydrogen-bond acceptors (Lipinski definition) is 3. The molecule has 0 fully saturated rings. The topological polar surface area (TPSA) is 46.0 Å². The Kier molecular flexibility index (Phi) is 2.40. The van der Waals surface area contributed by atoms with Crippen LogP contribution in [0.15, 0.2) is 6.20 Å². The molecule has 1 rings (SSSR count). The minimum atomic E-state index is -4.56. The van der Waals surface area contributed by atoms with Crippen molar-refractivity contribution in [1.82, 2.24) is 9.97 Å². The molecule has 0 aliphatic heterocycles. The van der Waals surface area contributed by atoms with Crippen molar-refractivity contribution in [1.29, 1.82) is 0 Å². The van der Waals surface area contributed by atoms with Crippen molar-refractivity contribution in [2.75, 3.05) is 0 Å². The van der Waals surface area contributed by atoms with Crippen LogP contribution in [0.3, 0.4) is 0 Å². The first-order chi connectivity index (χ1) is 5.95. The van der Waals surface area contributed by atoms with E-state index in [1.807, 2.05) is 0 Å². The van der Waals surface area contributed by atoms with Gasteiger partial charge in [-0.05, 0) is 6.42 Å². The Morgan fingerprint density at radius 2 is 2.08 bits per heavy atom. The summed E-state index contributed by atoms with van der Waals surface area (Å²) in [6.07, 6.45) is -3.57. The van der Waals surface area contributed by atoms with E-state index in [1.165, 1.54) is 0 Å². The summed E-state index contributed by atoms with van der Waals surface area (Å²) in [5.41, 5.74) is 0.00215. The highest BCUT2D eigenvalue weighted by molar-refractivity contribution is 5.23. The van der Waals surface area contributed by atoms with Crippen LogP contribution in [0.2, 0.25) is 0 Å². The molecule has 0 saturated carbocycles. The van der Waals surface area contributed by atoms with Crippen molar-refractivity contribution in [2.45, 2.75) is 19.5 Å². The maximum Gasteiger partial charge on any atom is 0.451 e. The van der Waals surface area contributed by atoms with Gasteiger partial charge in [0.25, 0.3) is 0 Å². The molecule has 0 bridgehead atoms. The first-order valence-electron chi connectivity index (χ1n) is 3.57. The van der Waals surface area contributed by atoms with Crippen LogP contribution in [0.5, 0.6) is 5.75 Å². The Balaban J connectivity index is 3.14. The molecule has 0 aliphatic rings. The van der Waals surface area contributed by atoms with Crippen molar-refractivity contribution < 1.29 is 18.3 Å². The van der Waals surface area contributed by atoms with Gasteiger partial charge in [0.05, 0.1) is 11.9 Å². The van der Waals surface area contributed by atoms with E-state index in [2.05, 4.69) is 9.97 Å². The lowest BCUT2D eigenvalue weighted by Gasteiger charge is -2.06. The number of alkyl halides is 3. The predicted octanol–water partition coefficient (Wildman–Crippen LogP) is 1.76. The van der Waals surface area contributed by atoms with E-state index >= 15 is 0 Å². The molecule has 0 radical (unpaired) electrons. The minimum Gasteiger partial charge on any atom is -0.504 e. The van der Waals surface area contributed by atoms with E-state index < -0.39 is 12.0 Å². The Morgan fingerprint density at radius 3 is 2.54 bits per heavy atom. The van der Waals surface area contributed by atoms with Crippen LogP contribution in [-0.4, -0.2) is 15.1 Å². The van der Waals surface area contributed by atoms with Gasteiger partial charge in [-0.25, -0.2) is 9.97 Å². The molecule has 0 aliphatic carbocycles. The van der Waals surface area contributed by atoms with Gasteiger partial charge in [0, 0.05) is 0 Å². The summed E-state index contributed by atoms with van der Waals surface area (Å²) in [5.74, 6) is -1.53. The predicted molar refractivity (Wildman–Crippen MR) is 38.1 cm³/mol. The number of aryl methyl sites for hydroxylation is 1. The molecule has 1 heterocycles. The largest absolute Gasteiger partial charge is 0.504 e. The van der Waals surface area contributed by atoms with E-state index in [0.717, 1.165) is 6.20 Å². The molecule has 6 heteroatoms. The molecule has 1 aromatic rings. The Morgan fingerprint density at radius 1 is 1.46 bits per heavy atom. The van der Waals surface area contributed by atoms with Gasteiger partial charge in [0.15, 0.2) is 5.75 Å². The maximum atomic E-state index is 12.0. The van der Waals surface area contributed by atoms with Crippen molar-refractivity contribution in [3.8, 4) is 5.75 Å². The molecule has 0 amide bonds. The highest BCUT2D eigenvalue weighted by atomic mass is 19.4. The van der Waals surface area contributed by atoms with Crippen molar-refractivity contribution in [3.63, 3.8) is 0 Å². The molecule has 1 N–H and O–H groups in total. The van der Waals surface area contributed by atoms with Crippen molar-refractivity contribution in [3.05, 3.63) is 17.7 Å². The van der Waals surface area contributed by atoms with E-state index in [0.29, 0.717) is 0 Å². The van der Waals surface area contributed by atoms with Gasteiger partial charge >= 0.3 is 6.18 Å². The average molecular weight is 192 g/mol. The van der Waals surface area contributed by atoms with E-state index in [4.69, 9.17) is 5.11 Å². The highest BCUT2D eigenvalue weighted by Crippen LogP contribution is 2.27. The molecule has 0 spiro atoms. The third kappa shape index (κ3) is 2.07. The van der Waals surface area contributed by atoms with Crippen LogP contribution < -0.4 is 0 Å². The van der Waals surface area contributed by atoms with E-state index in [1.54, 1.807) is 6.92 Å². The summed E-state index contributed by atoms with van der Waals surface area (Å²) < 4.78 is 36.1. The summed E-state index contributed by atoms with van der Waals surface area (Å²) >= 11 is 0. The molecular weight excluding hydrogens is 185 g/mol. The Labute approximate surface area is 72.3 Å². The first kappa shape index (κ1) is 9.76. The van der Waals surface area contributed by atoms with Crippen LogP contribution in [0.4, 0.5) is 13.2 Å². The Hall–Kier alpha value is -1.33. The quantitative estimate of drug-likeness (QED) is 0.737. The minimum absolute atomic E-state index is 0.00215. The van der Waals surface area contributed by atoms with Crippen LogP contribution in [-0.2, 0) is 12.6 Å².